The Bertz CT molecular complexity index is 1260. The molecular formula is C28H28N4O2. The number of pyridine rings is 1. The van der Waals surface area contributed by atoms with Gasteiger partial charge in [0.05, 0.1) is 28.7 Å². The van der Waals surface area contributed by atoms with Gasteiger partial charge in [-0.15, -0.1) is 0 Å². The van der Waals surface area contributed by atoms with Crippen molar-refractivity contribution in [3.63, 3.8) is 0 Å². The fraction of sp³-hybridized carbons (Fsp3) is 0.250. The Morgan fingerprint density at radius 3 is 2.26 bits per heavy atom. The number of para-hydroxylation sites is 1. The van der Waals surface area contributed by atoms with Crippen LogP contribution in [-0.2, 0) is 12.0 Å². The number of aromatic nitrogens is 3. The molecule has 0 spiro atoms. The van der Waals surface area contributed by atoms with E-state index in [0.717, 1.165) is 41.4 Å². The quantitative estimate of drug-likeness (QED) is 0.437. The summed E-state index contributed by atoms with van der Waals surface area (Å²) in [5, 5.41) is 15.5. The molecule has 3 heterocycles. The maximum absolute atomic E-state index is 13.0. The average Bonchev–Trinajstić information content (AvgIpc) is 3.27. The van der Waals surface area contributed by atoms with Gasteiger partial charge in [0.15, 0.2) is 5.78 Å². The molecule has 0 radical (unpaired) electrons. The van der Waals surface area contributed by atoms with Gasteiger partial charge in [-0.25, -0.2) is 9.67 Å². The molecule has 0 atom stereocenters. The van der Waals surface area contributed by atoms with Crippen molar-refractivity contribution in [1.29, 1.82) is 0 Å². The Morgan fingerprint density at radius 2 is 1.62 bits per heavy atom. The van der Waals surface area contributed by atoms with Gasteiger partial charge in [0.25, 0.3) is 0 Å². The highest BCUT2D eigenvalue weighted by atomic mass is 16.3. The van der Waals surface area contributed by atoms with Gasteiger partial charge in [-0.3, -0.25) is 4.79 Å². The largest absolute Gasteiger partial charge is 0.385 e. The Hall–Kier alpha value is -3.77. The number of anilines is 1. The van der Waals surface area contributed by atoms with Gasteiger partial charge in [-0.1, -0.05) is 54.6 Å². The number of nitrogens with zero attached hydrogens (tertiary/aromatic N) is 4. The fourth-order valence-electron chi connectivity index (χ4n) is 4.64. The van der Waals surface area contributed by atoms with E-state index in [4.69, 9.17) is 0 Å². The number of rotatable bonds is 6. The molecule has 1 aliphatic rings. The van der Waals surface area contributed by atoms with Crippen LogP contribution in [0.3, 0.4) is 0 Å². The lowest BCUT2D eigenvalue weighted by Crippen LogP contribution is -2.42. The summed E-state index contributed by atoms with van der Waals surface area (Å²) in [4.78, 5) is 19.8. The third-order valence-electron chi connectivity index (χ3n) is 6.71. The van der Waals surface area contributed by atoms with E-state index in [0.29, 0.717) is 18.4 Å². The number of Topliss-reactive ketones (excluding diaryl/α,β-unsaturated/α-hetero) is 1. The van der Waals surface area contributed by atoms with E-state index in [1.807, 2.05) is 79.7 Å². The normalized spacial score (nSPS) is 15.3. The lowest BCUT2D eigenvalue weighted by Gasteiger charge is -2.39. The Labute approximate surface area is 199 Å². The predicted octanol–water partition coefficient (Wildman–Crippen LogP) is 4.49. The summed E-state index contributed by atoms with van der Waals surface area (Å²) in [6.07, 6.45) is 5.02. The molecule has 1 N–H and O–H groups in total. The van der Waals surface area contributed by atoms with E-state index >= 15 is 0 Å². The van der Waals surface area contributed by atoms with Crippen LogP contribution in [0.25, 0.3) is 5.69 Å². The molecule has 0 bridgehead atoms. The third-order valence-corrected chi connectivity index (χ3v) is 6.71. The highest BCUT2D eigenvalue weighted by Crippen LogP contribution is 2.34. The van der Waals surface area contributed by atoms with E-state index in [9.17, 15) is 9.90 Å². The van der Waals surface area contributed by atoms with Crippen molar-refractivity contribution in [2.24, 2.45) is 0 Å². The van der Waals surface area contributed by atoms with Crippen LogP contribution in [0.4, 0.5) is 5.82 Å². The summed E-state index contributed by atoms with van der Waals surface area (Å²) < 4.78 is 1.79. The maximum atomic E-state index is 13.0. The lowest BCUT2D eigenvalue weighted by molar-refractivity contribution is 0.0116. The third kappa shape index (κ3) is 4.37. The first-order chi connectivity index (χ1) is 16.5. The first-order valence-corrected chi connectivity index (χ1v) is 11.6. The molecule has 6 nitrogen and oxygen atoms in total. The molecule has 1 aliphatic heterocycles. The number of ketones is 1. The molecule has 172 valence electrons. The van der Waals surface area contributed by atoms with Crippen molar-refractivity contribution < 1.29 is 9.90 Å². The van der Waals surface area contributed by atoms with Crippen LogP contribution in [0.1, 0.15) is 40.0 Å². The number of hydrogen-bond acceptors (Lipinski definition) is 5. The second-order valence-electron chi connectivity index (χ2n) is 8.90. The average molecular weight is 453 g/mol. The number of aliphatic hydroxyl groups is 1. The van der Waals surface area contributed by atoms with Crippen LogP contribution < -0.4 is 4.90 Å². The van der Waals surface area contributed by atoms with Crippen molar-refractivity contribution in [1.82, 2.24) is 14.8 Å². The molecule has 1 saturated heterocycles. The van der Waals surface area contributed by atoms with Crippen molar-refractivity contribution >= 4 is 11.6 Å². The van der Waals surface area contributed by atoms with Crippen molar-refractivity contribution in [3.8, 4) is 5.69 Å². The maximum Gasteiger partial charge on any atom is 0.170 e. The number of carbonyl (C=O) groups excluding carboxylic acids is 1. The van der Waals surface area contributed by atoms with Gasteiger partial charge in [0.2, 0.25) is 0 Å². The Balaban J connectivity index is 1.23. The molecule has 6 heteroatoms. The van der Waals surface area contributed by atoms with Crippen molar-refractivity contribution in [2.75, 3.05) is 18.0 Å². The minimum Gasteiger partial charge on any atom is -0.385 e. The summed E-state index contributed by atoms with van der Waals surface area (Å²) in [5.74, 6) is 0.902. The van der Waals surface area contributed by atoms with E-state index < -0.39 is 5.60 Å². The van der Waals surface area contributed by atoms with Gasteiger partial charge in [-0.2, -0.15) is 5.10 Å². The monoisotopic (exact) mass is 452 g/mol. The van der Waals surface area contributed by atoms with Gasteiger partial charge in [-0.05, 0) is 49.1 Å². The SMILES string of the molecule is Cc1c(C(=O)Cc2ccc(N3CCC(O)(c4ccccc4)CC3)nc2)cnn1-c1ccccc1. The standard InChI is InChI=1S/C28H28N4O2/c1-21-25(20-30-32(21)24-10-6-3-7-11-24)26(33)18-22-12-13-27(29-19-22)31-16-14-28(34,15-17-31)23-8-4-2-5-9-23/h2-13,19-20,34H,14-18H2,1H3. The molecule has 0 amide bonds. The van der Waals surface area contributed by atoms with E-state index in [2.05, 4.69) is 15.0 Å². The summed E-state index contributed by atoms with van der Waals surface area (Å²) in [6.45, 7) is 3.38. The molecule has 2 aromatic carbocycles. The van der Waals surface area contributed by atoms with Crippen LogP contribution in [0.5, 0.6) is 0 Å². The van der Waals surface area contributed by atoms with Crippen LogP contribution in [0.2, 0.25) is 0 Å². The minimum absolute atomic E-state index is 0.0279. The number of hydrogen-bond donors (Lipinski definition) is 1. The molecule has 0 unspecified atom stereocenters. The smallest absolute Gasteiger partial charge is 0.170 e. The van der Waals surface area contributed by atoms with Crippen molar-refractivity contribution in [3.05, 3.63) is 108 Å². The molecular weight excluding hydrogens is 424 g/mol. The van der Waals surface area contributed by atoms with E-state index in [1.165, 1.54) is 0 Å². The first-order valence-electron chi connectivity index (χ1n) is 11.6. The highest BCUT2D eigenvalue weighted by Gasteiger charge is 2.34. The van der Waals surface area contributed by atoms with Crippen LogP contribution >= 0.6 is 0 Å². The molecule has 2 aromatic heterocycles. The molecule has 4 aromatic rings. The first kappa shape index (κ1) is 22.0. The number of piperidine rings is 1. The van der Waals surface area contributed by atoms with Crippen LogP contribution in [0, 0.1) is 6.92 Å². The van der Waals surface area contributed by atoms with Gasteiger partial charge in [0.1, 0.15) is 5.82 Å². The summed E-state index contributed by atoms with van der Waals surface area (Å²) >= 11 is 0. The topological polar surface area (TPSA) is 71.2 Å². The zero-order valence-corrected chi connectivity index (χ0v) is 19.3. The molecule has 5 rings (SSSR count). The van der Waals surface area contributed by atoms with E-state index in [1.54, 1.807) is 17.1 Å². The zero-order chi connectivity index (χ0) is 23.5. The van der Waals surface area contributed by atoms with Gasteiger partial charge >= 0.3 is 0 Å². The summed E-state index contributed by atoms with van der Waals surface area (Å²) in [6, 6.07) is 23.6. The fourth-order valence-corrected chi connectivity index (χ4v) is 4.64. The van der Waals surface area contributed by atoms with Gasteiger partial charge < -0.3 is 10.0 Å². The Morgan fingerprint density at radius 1 is 0.941 bits per heavy atom. The summed E-state index contributed by atoms with van der Waals surface area (Å²) in [7, 11) is 0. The van der Waals surface area contributed by atoms with Crippen molar-refractivity contribution in [2.45, 2.75) is 31.8 Å². The van der Waals surface area contributed by atoms with Crippen LogP contribution in [-0.4, -0.2) is 38.7 Å². The molecule has 34 heavy (non-hydrogen) atoms. The highest BCUT2D eigenvalue weighted by molar-refractivity contribution is 5.98. The van der Waals surface area contributed by atoms with Crippen LogP contribution in [0.15, 0.2) is 85.2 Å². The number of benzene rings is 2. The second-order valence-corrected chi connectivity index (χ2v) is 8.90. The van der Waals surface area contributed by atoms with Gasteiger partial charge in [0, 0.05) is 25.7 Å². The molecule has 1 fully saturated rings. The minimum atomic E-state index is -0.786. The lowest BCUT2D eigenvalue weighted by atomic mass is 9.84. The number of carbonyl (C=O) groups is 1. The molecule has 0 aliphatic carbocycles. The second kappa shape index (κ2) is 9.23. The molecule has 0 saturated carbocycles. The zero-order valence-electron chi connectivity index (χ0n) is 19.3. The predicted molar refractivity (Wildman–Crippen MR) is 132 cm³/mol. The Kier molecular flexibility index (Phi) is 5.99. The summed E-state index contributed by atoms with van der Waals surface area (Å²) in [5.41, 5.74) is 3.46. The van der Waals surface area contributed by atoms with E-state index in [-0.39, 0.29) is 12.2 Å².